The summed E-state index contributed by atoms with van der Waals surface area (Å²) >= 11 is 0. The highest BCUT2D eigenvalue weighted by atomic mass is 15.1. The first-order chi connectivity index (χ1) is 8.18. The van der Waals surface area contributed by atoms with E-state index >= 15 is 0 Å². The summed E-state index contributed by atoms with van der Waals surface area (Å²) in [6, 6.07) is 8.01. The van der Waals surface area contributed by atoms with Crippen molar-refractivity contribution < 1.29 is 0 Å². The lowest BCUT2D eigenvalue weighted by molar-refractivity contribution is 0.818. The fourth-order valence-corrected chi connectivity index (χ4v) is 2.20. The van der Waals surface area contributed by atoms with Crippen LogP contribution >= 0.6 is 0 Å². The van der Waals surface area contributed by atoms with Crippen LogP contribution in [0.3, 0.4) is 0 Å². The van der Waals surface area contributed by atoms with Gasteiger partial charge in [0.15, 0.2) is 5.82 Å². The molecule has 4 nitrogen and oxygen atoms in total. The molecule has 0 atom stereocenters. The first kappa shape index (κ1) is 10.1. The molecule has 86 valence electrons. The summed E-state index contributed by atoms with van der Waals surface area (Å²) in [5.74, 6) is 0.868. The summed E-state index contributed by atoms with van der Waals surface area (Å²) in [4.78, 5) is 4.37. The van der Waals surface area contributed by atoms with E-state index in [4.69, 9.17) is 5.73 Å². The zero-order chi connectivity index (χ0) is 12.0. The van der Waals surface area contributed by atoms with Gasteiger partial charge in [-0.25, -0.2) is 4.98 Å². The third kappa shape index (κ3) is 1.37. The van der Waals surface area contributed by atoms with Gasteiger partial charge in [-0.15, -0.1) is 0 Å². The van der Waals surface area contributed by atoms with E-state index in [0.717, 1.165) is 27.5 Å². The summed E-state index contributed by atoms with van der Waals surface area (Å²) in [6.45, 7) is 4.27. The second-order valence-corrected chi connectivity index (χ2v) is 4.53. The molecular weight excluding hydrogens is 212 g/mol. The second kappa shape index (κ2) is 3.45. The number of aromatic nitrogens is 3. The van der Waals surface area contributed by atoms with Gasteiger partial charge in [0.1, 0.15) is 5.52 Å². The number of nitrogens with two attached hydrogens (primary N) is 1. The van der Waals surface area contributed by atoms with E-state index in [1.807, 2.05) is 18.2 Å². The average molecular weight is 226 g/mol. The minimum absolute atomic E-state index is 0.380. The molecule has 3 N–H and O–H groups in total. The van der Waals surface area contributed by atoms with Crippen molar-refractivity contribution in [1.82, 2.24) is 15.2 Å². The number of rotatable bonds is 1. The molecule has 0 aliphatic carbocycles. The first-order valence-electron chi connectivity index (χ1n) is 5.70. The molecular formula is C13H14N4. The van der Waals surface area contributed by atoms with E-state index in [2.05, 4.69) is 35.1 Å². The summed E-state index contributed by atoms with van der Waals surface area (Å²) in [6.07, 6.45) is 0. The van der Waals surface area contributed by atoms with Crippen molar-refractivity contribution in [2.45, 2.75) is 19.8 Å². The van der Waals surface area contributed by atoms with Gasteiger partial charge in [-0.2, -0.15) is 5.10 Å². The van der Waals surface area contributed by atoms with Crippen LogP contribution in [0.5, 0.6) is 0 Å². The Balaban J connectivity index is 2.56. The molecule has 17 heavy (non-hydrogen) atoms. The molecule has 0 aliphatic rings. The molecule has 0 saturated heterocycles. The van der Waals surface area contributed by atoms with Crippen LogP contribution in [0, 0.1) is 0 Å². The number of para-hydroxylation sites is 1. The van der Waals surface area contributed by atoms with Crippen LogP contribution < -0.4 is 5.73 Å². The Morgan fingerprint density at radius 2 is 2.00 bits per heavy atom. The van der Waals surface area contributed by atoms with Crippen molar-refractivity contribution in [3.8, 4) is 0 Å². The summed E-state index contributed by atoms with van der Waals surface area (Å²) in [5.41, 5.74) is 8.75. The van der Waals surface area contributed by atoms with E-state index in [1.165, 1.54) is 0 Å². The van der Waals surface area contributed by atoms with Crippen LogP contribution in [-0.4, -0.2) is 15.2 Å². The van der Waals surface area contributed by atoms with Gasteiger partial charge in [0.25, 0.3) is 0 Å². The normalized spacial score (nSPS) is 11.7. The molecule has 0 amide bonds. The Labute approximate surface area is 98.8 Å². The number of anilines is 1. The predicted molar refractivity (Wildman–Crippen MR) is 69.9 cm³/mol. The van der Waals surface area contributed by atoms with Gasteiger partial charge >= 0.3 is 0 Å². The maximum Gasteiger partial charge on any atom is 0.152 e. The molecule has 0 spiro atoms. The number of fused-ring (bicyclic) bond motifs is 3. The third-order valence-electron chi connectivity index (χ3n) is 3.03. The van der Waals surface area contributed by atoms with Crippen LogP contribution in [0.25, 0.3) is 21.8 Å². The lowest BCUT2D eigenvalue weighted by atomic mass is 10.0. The number of hydrogen-bond donors (Lipinski definition) is 2. The lowest BCUT2D eigenvalue weighted by Crippen LogP contribution is -1.93. The second-order valence-electron chi connectivity index (χ2n) is 4.53. The van der Waals surface area contributed by atoms with E-state index in [-0.39, 0.29) is 0 Å². The van der Waals surface area contributed by atoms with Gasteiger partial charge in [0.05, 0.1) is 5.52 Å². The van der Waals surface area contributed by atoms with Crippen LogP contribution in [-0.2, 0) is 0 Å². The molecule has 0 fully saturated rings. The topological polar surface area (TPSA) is 67.6 Å². The highest BCUT2D eigenvalue weighted by Crippen LogP contribution is 2.31. The minimum Gasteiger partial charge on any atom is -0.382 e. The fourth-order valence-electron chi connectivity index (χ4n) is 2.20. The van der Waals surface area contributed by atoms with Crippen molar-refractivity contribution in [3.05, 3.63) is 30.0 Å². The van der Waals surface area contributed by atoms with Gasteiger partial charge in [0.2, 0.25) is 0 Å². The number of hydrogen-bond acceptors (Lipinski definition) is 3. The average Bonchev–Trinajstić information content (AvgIpc) is 2.74. The van der Waals surface area contributed by atoms with Crippen LogP contribution in [0.15, 0.2) is 24.3 Å². The first-order valence-corrected chi connectivity index (χ1v) is 5.70. The number of benzene rings is 1. The molecule has 3 aromatic rings. The number of nitrogen functional groups attached to an aromatic ring is 1. The number of H-pyrrole nitrogens is 1. The third-order valence-corrected chi connectivity index (χ3v) is 3.03. The molecule has 1 aromatic carbocycles. The molecule has 2 heterocycles. The quantitative estimate of drug-likeness (QED) is 0.670. The van der Waals surface area contributed by atoms with E-state index < -0.39 is 0 Å². The predicted octanol–water partition coefficient (Wildman–Crippen LogP) is 2.82. The van der Waals surface area contributed by atoms with E-state index in [0.29, 0.717) is 11.7 Å². The summed E-state index contributed by atoms with van der Waals surface area (Å²) < 4.78 is 0. The molecule has 0 unspecified atom stereocenters. The highest BCUT2D eigenvalue weighted by Gasteiger charge is 2.15. The largest absolute Gasteiger partial charge is 0.382 e. The maximum atomic E-state index is 5.94. The van der Waals surface area contributed by atoms with Crippen molar-refractivity contribution in [1.29, 1.82) is 0 Å². The van der Waals surface area contributed by atoms with Crippen molar-refractivity contribution in [3.63, 3.8) is 0 Å². The molecule has 0 saturated carbocycles. The number of nitrogens with one attached hydrogen (secondary N) is 1. The van der Waals surface area contributed by atoms with Crippen LogP contribution in [0.2, 0.25) is 0 Å². The number of nitrogens with zero attached hydrogens (tertiary/aromatic N) is 2. The van der Waals surface area contributed by atoms with E-state index in [9.17, 15) is 0 Å². The minimum atomic E-state index is 0.380. The standard InChI is InChI=1S/C13H14N4/c1-7(2)11-10-8-5-3-4-6-9(8)15-13(14)12(10)17-16-11/h3-7H,1-2H3,(H2,14,15)(H,16,17). The smallest absolute Gasteiger partial charge is 0.152 e. The van der Waals surface area contributed by atoms with Crippen LogP contribution in [0.1, 0.15) is 25.5 Å². The SMILES string of the molecule is CC(C)c1[nH]nc2c(N)nc3ccccc3c12. The van der Waals surface area contributed by atoms with Gasteiger partial charge in [-0.1, -0.05) is 32.0 Å². The van der Waals surface area contributed by atoms with Crippen molar-refractivity contribution >= 4 is 27.6 Å². The molecule has 4 heteroatoms. The van der Waals surface area contributed by atoms with Crippen LogP contribution in [0.4, 0.5) is 5.82 Å². The zero-order valence-corrected chi connectivity index (χ0v) is 9.86. The Kier molecular flexibility index (Phi) is 2.04. The monoisotopic (exact) mass is 226 g/mol. The lowest BCUT2D eigenvalue weighted by Gasteiger charge is -2.05. The van der Waals surface area contributed by atoms with Gasteiger partial charge in [-0.05, 0) is 12.0 Å². The fraction of sp³-hybridized carbons (Fsp3) is 0.231. The summed E-state index contributed by atoms with van der Waals surface area (Å²) in [7, 11) is 0. The Bertz CT molecular complexity index is 697. The van der Waals surface area contributed by atoms with Crippen molar-refractivity contribution in [2.75, 3.05) is 5.73 Å². The molecule has 0 bridgehead atoms. The van der Waals surface area contributed by atoms with Crippen molar-refractivity contribution in [2.24, 2.45) is 0 Å². The number of pyridine rings is 1. The molecule has 3 rings (SSSR count). The Hall–Kier alpha value is -2.10. The summed E-state index contributed by atoms with van der Waals surface area (Å²) in [5, 5.41) is 9.56. The zero-order valence-electron chi connectivity index (χ0n) is 9.86. The molecule has 0 radical (unpaired) electrons. The van der Waals surface area contributed by atoms with Gasteiger partial charge < -0.3 is 5.73 Å². The molecule has 2 aromatic heterocycles. The highest BCUT2D eigenvalue weighted by molar-refractivity contribution is 6.09. The van der Waals surface area contributed by atoms with Gasteiger partial charge in [0, 0.05) is 16.5 Å². The Morgan fingerprint density at radius 3 is 2.76 bits per heavy atom. The maximum absolute atomic E-state index is 5.94. The van der Waals surface area contributed by atoms with E-state index in [1.54, 1.807) is 0 Å². The number of aromatic amines is 1. The van der Waals surface area contributed by atoms with Gasteiger partial charge in [-0.3, -0.25) is 5.10 Å². The Morgan fingerprint density at radius 1 is 1.24 bits per heavy atom. The molecule has 0 aliphatic heterocycles.